The van der Waals surface area contributed by atoms with Gasteiger partial charge in [0.05, 0.1) is 0 Å². The van der Waals surface area contributed by atoms with Crippen molar-refractivity contribution in [2.24, 2.45) is 0 Å². The molecule has 172 valence electrons. The lowest BCUT2D eigenvalue weighted by Crippen LogP contribution is -2.52. The molecule has 1 N–H and O–H groups in total. The highest BCUT2D eigenvalue weighted by molar-refractivity contribution is 6.05. The van der Waals surface area contributed by atoms with Crippen LogP contribution in [-0.4, -0.2) is 46.7 Å². The highest BCUT2D eigenvalue weighted by atomic mass is 19.1. The third-order valence-corrected chi connectivity index (χ3v) is 7.21. The number of hydrogen-bond donors (Lipinski definition) is 1. The molecular weight excluding hydrogens is 421 g/mol. The van der Waals surface area contributed by atoms with Crippen LogP contribution in [0.2, 0.25) is 0 Å². The molecule has 0 saturated carbocycles. The lowest BCUT2D eigenvalue weighted by molar-refractivity contribution is -0.136. The first-order valence-corrected chi connectivity index (χ1v) is 11.6. The first-order chi connectivity index (χ1) is 15.9. The highest BCUT2D eigenvalue weighted by Gasteiger charge is 2.41. The van der Waals surface area contributed by atoms with E-state index in [1.807, 2.05) is 0 Å². The number of aryl methyl sites for hydroxylation is 1. The van der Waals surface area contributed by atoms with Crippen LogP contribution < -0.4 is 5.32 Å². The Morgan fingerprint density at radius 1 is 1.03 bits per heavy atom. The number of benzene rings is 2. The van der Waals surface area contributed by atoms with E-state index in [2.05, 4.69) is 41.4 Å². The van der Waals surface area contributed by atoms with Crippen LogP contribution in [0.4, 0.5) is 4.39 Å². The van der Waals surface area contributed by atoms with Gasteiger partial charge in [0.25, 0.3) is 5.91 Å². The fourth-order valence-electron chi connectivity index (χ4n) is 5.37. The number of halogens is 1. The number of imide groups is 1. The molecule has 6 nitrogen and oxygen atoms in total. The number of nitrogens with zero attached hydrogens (tertiary/aromatic N) is 2. The minimum absolute atomic E-state index is 0.179. The van der Waals surface area contributed by atoms with E-state index >= 15 is 0 Å². The number of nitrogens with one attached hydrogen (secondary N) is 1. The van der Waals surface area contributed by atoms with Crippen molar-refractivity contribution in [1.82, 2.24) is 15.1 Å². The monoisotopic (exact) mass is 449 g/mol. The predicted octanol–water partition coefficient (Wildman–Crippen LogP) is 3.27. The summed E-state index contributed by atoms with van der Waals surface area (Å²) in [7, 11) is 0. The number of carbonyl (C=O) groups excluding carboxylic acids is 3. The molecule has 7 heteroatoms. The molecule has 5 rings (SSSR count). The molecule has 1 atom stereocenters. The fraction of sp³-hybridized carbons (Fsp3) is 0.423. The van der Waals surface area contributed by atoms with E-state index in [0.29, 0.717) is 18.5 Å². The van der Waals surface area contributed by atoms with Gasteiger partial charge in [-0.15, -0.1) is 0 Å². The second kappa shape index (κ2) is 8.71. The first-order valence-electron chi connectivity index (χ1n) is 11.6. The maximum atomic E-state index is 14.5. The summed E-state index contributed by atoms with van der Waals surface area (Å²) in [5, 5.41) is 2.32. The van der Waals surface area contributed by atoms with E-state index in [9.17, 15) is 18.8 Å². The van der Waals surface area contributed by atoms with Crippen molar-refractivity contribution in [3.05, 3.63) is 70.0 Å². The molecule has 0 spiro atoms. The van der Waals surface area contributed by atoms with Gasteiger partial charge < -0.3 is 4.90 Å². The number of hydrogen-bond acceptors (Lipinski definition) is 4. The minimum Gasteiger partial charge on any atom is -0.322 e. The van der Waals surface area contributed by atoms with Crippen molar-refractivity contribution in [2.75, 3.05) is 13.1 Å². The minimum atomic E-state index is -0.685. The third kappa shape index (κ3) is 4.29. The van der Waals surface area contributed by atoms with E-state index in [4.69, 9.17) is 0 Å². The number of likely N-dealkylation sites (tertiary alicyclic amines) is 1. The smallest absolute Gasteiger partial charge is 0.255 e. The molecule has 0 aromatic heterocycles. The Morgan fingerprint density at radius 3 is 2.45 bits per heavy atom. The SMILES string of the molecule is Cc1ccc(CN2CCC(c3cc(F)cc4c3CN(C3CCC(=O)NC3=O)C4=O)CC2)cc1. The van der Waals surface area contributed by atoms with Gasteiger partial charge in [-0.25, -0.2) is 4.39 Å². The van der Waals surface area contributed by atoms with Gasteiger partial charge in [-0.3, -0.25) is 24.6 Å². The summed E-state index contributed by atoms with van der Waals surface area (Å²) in [4.78, 5) is 40.8. The van der Waals surface area contributed by atoms with Crippen molar-refractivity contribution in [3.8, 4) is 0 Å². The normalized spacial score (nSPS) is 21.9. The molecule has 3 aliphatic rings. The Labute approximate surface area is 192 Å². The van der Waals surface area contributed by atoms with Crippen molar-refractivity contribution < 1.29 is 18.8 Å². The molecule has 0 aliphatic carbocycles. The maximum absolute atomic E-state index is 14.5. The van der Waals surface area contributed by atoms with Crippen molar-refractivity contribution in [1.29, 1.82) is 0 Å². The summed E-state index contributed by atoms with van der Waals surface area (Å²) in [6.45, 7) is 5.09. The van der Waals surface area contributed by atoms with Crippen LogP contribution in [0.3, 0.4) is 0 Å². The van der Waals surface area contributed by atoms with Crippen LogP contribution in [0.5, 0.6) is 0 Å². The maximum Gasteiger partial charge on any atom is 0.255 e. The van der Waals surface area contributed by atoms with Gasteiger partial charge in [0.2, 0.25) is 11.8 Å². The molecule has 0 bridgehead atoms. The average molecular weight is 450 g/mol. The Kier molecular flexibility index (Phi) is 5.74. The molecule has 2 saturated heterocycles. The fourth-order valence-corrected chi connectivity index (χ4v) is 5.37. The van der Waals surface area contributed by atoms with Crippen LogP contribution in [0.1, 0.15) is 64.2 Å². The third-order valence-electron chi connectivity index (χ3n) is 7.21. The van der Waals surface area contributed by atoms with Crippen molar-refractivity contribution in [3.63, 3.8) is 0 Å². The number of piperidine rings is 2. The lowest BCUT2D eigenvalue weighted by atomic mass is 9.85. The Balaban J connectivity index is 1.31. The van der Waals surface area contributed by atoms with Crippen LogP contribution in [0, 0.1) is 12.7 Å². The number of rotatable bonds is 4. The standard InChI is InChI=1S/C26H28FN3O3/c1-16-2-4-17(5-3-16)14-29-10-8-18(9-11-29)20-12-19(27)13-21-22(20)15-30(26(21)33)23-6-7-24(31)28-25(23)32/h2-5,12-13,18,23H,6-11,14-15H2,1H3,(H,28,31,32). The van der Waals surface area contributed by atoms with Gasteiger partial charge in [-0.2, -0.15) is 0 Å². The van der Waals surface area contributed by atoms with E-state index in [1.165, 1.54) is 22.1 Å². The molecule has 3 amide bonds. The highest BCUT2D eigenvalue weighted by Crippen LogP contribution is 2.38. The van der Waals surface area contributed by atoms with E-state index in [-0.39, 0.29) is 24.2 Å². The molecule has 2 aromatic carbocycles. The largest absolute Gasteiger partial charge is 0.322 e. The van der Waals surface area contributed by atoms with Gasteiger partial charge in [-0.1, -0.05) is 29.8 Å². The van der Waals surface area contributed by atoms with E-state index < -0.39 is 17.8 Å². The number of carbonyl (C=O) groups is 3. The van der Waals surface area contributed by atoms with Gasteiger partial charge in [0.1, 0.15) is 11.9 Å². The van der Waals surface area contributed by atoms with Crippen LogP contribution >= 0.6 is 0 Å². The summed E-state index contributed by atoms with van der Waals surface area (Å²) in [6.07, 6.45) is 2.31. The summed E-state index contributed by atoms with van der Waals surface area (Å²) in [5.41, 5.74) is 4.62. The van der Waals surface area contributed by atoms with E-state index in [1.54, 1.807) is 6.07 Å². The molecule has 3 aliphatic heterocycles. The Bertz CT molecular complexity index is 1110. The molecule has 3 heterocycles. The Morgan fingerprint density at radius 2 is 1.76 bits per heavy atom. The van der Waals surface area contributed by atoms with Gasteiger partial charge in [0, 0.05) is 25.1 Å². The summed E-state index contributed by atoms with van der Waals surface area (Å²) >= 11 is 0. The average Bonchev–Trinajstić information content (AvgIpc) is 3.11. The molecule has 0 radical (unpaired) electrons. The van der Waals surface area contributed by atoms with E-state index in [0.717, 1.165) is 43.6 Å². The predicted molar refractivity (Wildman–Crippen MR) is 121 cm³/mol. The van der Waals surface area contributed by atoms with Gasteiger partial charge in [0.15, 0.2) is 0 Å². The number of fused-ring (bicyclic) bond motifs is 1. The second-order valence-corrected chi connectivity index (χ2v) is 9.46. The van der Waals surface area contributed by atoms with Crippen molar-refractivity contribution >= 4 is 17.7 Å². The molecule has 33 heavy (non-hydrogen) atoms. The summed E-state index contributed by atoms with van der Waals surface area (Å²) in [6, 6.07) is 10.8. The van der Waals surface area contributed by atoms with Crippen LogP contribution in [0.25, 0.3) is 0 Å². The zero-order valence-electron chi connectivity index (χ0n) is 18.8. The molecular formula is C26H28FN3O3. The summed E-state index contributed by atoms with van der Waals surface area (Å²) in [5.74, 6) is -1.32. The molecule has 2 aromatic rings. The van der Waals surface area contributed by atoms with Gasteiger partial charge in [-0.05, 0) is 74.0 Å². The zero-order chi connectivity index (χ0) is 23.1. The zero-order valence-corrected chi connectivity index (χ0v) is 18.8. The Hall–Kier alpha value is -3.06. The first kappa shape index (κ1) is 21.8. The molecule has 2 fully saturated rings. The van der Waals surface area contributed by atoms with Crippen LogP contribution in [-0.2, 0) is 22.7 Å². The van der Waals surface area contributed by atoms with Crippen LogP contribution in [0.15, 0.2) is 36.4 Å². The number of amides is 3. The molecule has 1 unspecified atom stereocenters. The lowest BCUT2D eigenvalue weighted by Gasteiger charge is -2.33. The van der Waals surface area contributed by atoms with Gasteiger partial charge >= 0.3 is 0 Å². The van der Waals surface area contributed by atoms with Crippen molar-refractivity contribution in [2.45, 2.75) is 57.7 Å². The quantitative estimate of drug-likeness (QED) is 0.728. The summed E-state index contributed by atoms with van der Waals surface area (Å²) < 4.78 is 14.5. The second-order valence-electron chi connectivity index (χ2n) is 9.46. The topological polar surface area (TPSA) is 69.7 Å².